The molecule has 0 atom stereocenters. The molecule has 6 heteroatoms. The van der Waals surface area contributed by atoms with Crippen LogP contribution in [0.1, 0.15) is 24.0 Å². The number of methoxy groups -OCH3 is 2. The summed E-state index contributed by atoms with van der Waals surface area (Å²) in [6.07, 6.45) is -2.43. The van der Waals surface area contributed by atoms with Gasteiger partial charge in [-0.2, -0.15) is 13.2 Å². The number of ether oxygens (including phenoxy) is 2. The number of nitrogens with two attached hydrogens (primary N) is 1. The van der Waals surface area contributed by atoms with Crippen LogP contribution in [0.3, 0.4) is 0 Å². The van der Waals surface area contributed by atoms with Gasteiger partial charge >= 0.3 is 6.18 Å². The molecule has 1 aromatic rings. The summed E-state index contributed by atoms with van der Waals surface area (Å²) in [6.45, 7) is 0.527. The second kappa shape index (κ2) is 6.65. The van der Waals surface area contributed by atoms with Crippen molar-refractivity contribution in [2.45, 2.75) is 25.4 Å². The Morgan fingerprint density at radius 2 is 1.79 bits per heavy atom. The third kappa shape index (κ3) is 4.02. The lowest BCUT2D eigenvalue weighted by Gasteiger charge is -2.17. The van der Waals surface area contributed by atoms with Crippen molar-refractivity contribution in [3.63, 3.8) is 0 Å². The van der Waals surface area contributed by atoms with Gasteiger partial charge in [-0.25, -0.2) is 0 Å². The summed E-state index contributed by atoms with van der Waals surface area (Å²) in [5.41, 5.74) is 5.13. The van der Waals surface area contributed by atoms with Crippen LogP contribution in [0.5, 0.6) is 11.5 Å². The molecule has 1 aromatic carbocycles. The summed E-state index contributed by atoms with van der Waals surface area (Å²) in [4.78, 5) is 0. The maximum Gasteiger partial charge on any atom is 0.420 e. The molecule has 3 nitrogen and oxygen atoms in total. The highest BCUT2D eigenvalue weighted by Crippen LogP contribution is 2.42. The van der Waals surface area contributed by atoms with Crippen LogP contribution in [0.25, 0.3) is 0 Å². The van der Waals surface area contributed by atoms with E-state index < -0.39 is 11.7 Å². The summed E-state index contributed by atoms with van der Waals surface area (Å²) >= 11 is 0. The highest BCUT2D eigenvalue weighted by Gasteiger charge is 2.36. The van der Waals surface area contributed by atoms with Gasteiger partial charge in [0.2, 0.25) is 0 Å². The molecule has 0 spiro atoms. The van der Waals surface area contributed by atoms with E-state index in [1.165, 1.54) is 14.2 Å². The first-order chi connectivity index (χ1) is 8.93. The zero-order chi connectivity index (χ0) is 14.5. The fourth-order valence-corrected chi connectivity index (χ4v) is 1.85. The van der Waals surface area contributed by atoms with Crippen molar-refractivity contribution in [2.24, 2.45) is 5.73 Å². The van der Waals surface area contributed by atoms with Gasteiger partial charge in [0, 0.05) is 0 Å². The van der Waals surface area contributed by atoms with E-state index >= 15 is 0 Å². The minimum atomic E-state index is -4.47. The molecule has 0 saturated carbocycles. The van der Waals surface area contributed by atoms with Crippen LogP contribution in [0.4, 0.5) is 13.2 Å². The second-order valence-electron chi connectivity index (χ2n) is 4.12. The van der Waals surface area contributed by atoms with Gasteiger partial charge in [0.1, 0.15) is 5.56 Å². The van der Waals surface area contributed by atoms with Gasteiger partial charge in [0.15, 0.2) is 11.5 Å². The van der Waals surface area contributed by atoms with E-state index in [0.29, 0.717) is 18.5 Å². The largest absolute Gasteiger partial charge is 0.493 e. The predicted molar refractivity (Wildman–Crippen MR) is 66.5 cm³/mol. The highest BCUT2D eigenvalue weighted by molar-refractivity contribution is 5.50. The fraction of sp³-hybridized carbons (Fsp3) is 0.538. The smallest absolute Gasteiger partial charge is 0.420 e. The van der Waals surface area contributed by atoms with E-state index in [0.717, 1.165) is 18.9 Å². The van der Waals surface area contributed by atoms with Crippen LogP contribution >= 0.6 is 0 Å². The first-order valence-corrected chi connectivity index (χ1v) is 5.96. The Balaban J connectivity index is 3.15. The van der Waals surface area contributed by atoms with Gasteiger partial charge in [-0.3, -0.25) is 0 Å². The van der Waals surface area contributed by atoms with Gasteiger partial charge in [-0.1, -0.05) is 0 Å². The number of benzene rings is 1. The summed E-state index contributed by atoms with van der Waals surface area (Å²) in [5.74, 6) is -0.183. The minimum Gasteiger partial charge on any atom is -0.493 e. The molecule has 0 aliphatic rings. The van der Waals surface area contributed by atoms with Crippen LogP contribution in [-0.4, -0.2) is 20.8 Å². The molecular weight excluding hydrogens is 259 g/mol. The molecule has 0 fully saturated rings. The van der Waals surface area contributed by atoms with E-state index in [9.17, 15) is 13.2 Å². The topological polar surface area (TPSA) is 44.5 Å². The monoisotopic (exact) mass is 277 g/mol. The molecule has 0 unspecified atom stereocenters. The molecule has 2 N–H and O–H groups in total. The van der Waals surface area contributed by atoms with Gasteiger partial charge in [0.25, 0.3) is 0 Å². The summed E-state index contributed by atoms with van der Waals surface area (Å²) in [7, 11) is 2.52. The third-order valence-electron chi connectivity index (χ3n) is 2.76. The van der Waals surface area contributed by atoms with E-state index in [4.69, 9.17) is 15.2 Å². The molecule has 0 amide bonds. The van der Waals surface area contributed by atoms with Crippen LogP contribution in [0.2, 0.25) is 0 Å². The van der Waals surface area contributed by atoms with Gasteiger partial charge in [-0.15, -0.1) is 0 Å². The lowest BCUT2D eigenvalue weighted by Crippen LogP contribution is -2.10. The number of halogens is 3. The fourth-order valence-electron chi connectivity index (χ4n) is 1.85. The van der Waals surface area contributed by atoms with Crippen LogP contribution in [0.15, 0.2) is 12.1 Å². The summed E-state index contributed by atoms with van der Waals surface area (Å²) in [6, 6.07) is 2.68. The van der Waals surface area contributed by atoms with Crippen molar-refractivity contribution in [3.05, 3.63) is 23.3 Å². The van der Waals surface area contributed by atoms with Crippen LogP contribution in [0, 0.1) is 0 Å². The van der Waals surface area contributed by atoms with Gasteiger partial charge < -0.3 is 15.2 Å². The first-order valence-electron chi connectivity index (χ1n) is 5.96. The number of alkyl halides is 3. The average Bonchev–Trinajstić information content (AvgIpc) is 2.36. The summed E-state index contributed by atoms with van der Waals surface area (Å²) in [5, 5.41) is 0. The Hall–Kier alpha value is -1.43. The van der Waals surface area contributed by atoms with Crippen molar-refractivity contribution >= 4 is 0 Å². The van der Waals surface area contributed by atoms with E-state index in [1.807, 2.05) is 0 Å². The van der Waals surface area contributed by atoms with Crippen molar-refractivity contribution in [1.82, 2.24) is 0 Å². The van der Waals surface area contributed by atoms with Gasteiger partial charge in [-0.05, 0) is 43.5 Å². The SMILES string of the molecule is COc1cc(CCCCN)cc(C(F)(F)F)c1OC. The zero-order valence-electron chi connectivity index (χ0n) is 11.0. The number of hydrogen-bond donors (Lipinski definition) is 1. The lowest BCUT2D eigenvalue weighted by molar-refractivity contribution is -0.138. The summed E-state index contributed by atoms with van der Waals surface area (Å²) < 4.78 is 48.7. The van der Waals surface area contributed by atoms with E-state index in [2.05, 4.69) is 0 Å². The molecule has 108 valence electrons. The van der Waals surface area contributed by atoms with Crippen molar-refractivity contribution in [3.8, 4) is 11.5 Å². The van der Waals surface area contributed by atoms with Crippen molar-refractivity contribution in [1.29, 1.82) is 0 Å². The number of hydrogen-bond acceptors (Lipinski definition) is 3. The number of aryl methyl sites for hydroxylation is 1. The van der Waals surface area contributed by atoms with Gasteiger partial charge in [0.05, 0.1) is 14.2 Å². The van der Waals surface area contributed by atoms with Crippen LogP contribution < -0.4 is 15.2 Å². The molecule has 1 rings (SSSR count). The zero-order valence-corrected chi connectivity index (χ0v) is 11.0. The van der Waals surface area contributed by atoms with Crippen LogP contribution in [-0.2, 0) is 12.6 Å². The minimum absolute atomic E-state index is 0.0973. The second-order valence-corrected chi connectivity index (χ2v) is 4.12. The standard InChI is InChI=1S/C13H18F3NO2/c1-18-11-8-9(5-3-4-6-17)7-10(12(11)19-2)13(14,15)16/h7-8H,3-6,17H2,1-2H3. The van der Waals surface area contributed by atoms with E-state index in [-0.39, 0.29) is 11.5 Å². The molecule has 19 heavy (non-hydrogen) atoms. The Bertz CT molecular complexity index is 419. The molecule has 0 heterocycles. The average molecular weight is 277 g/mol. The number of rotatable bonds is 6. The molecule has 0 aliphatic heterocycles. The predicted octanol–water partition coefficient (Wildman–Crippen LogP) is 3.00. The van der Waals surface area contributed by atoms with Crippen molar-refractivity contribution < 1.29 is 22.6 Å². The molecule has 0 aliphatic carbocycles. The lowest BCUT2D eigenvalue weighted by atomic mass is 10.0. The first kappa shape index (κ1) is 15.6. The third-order valence-corrected chi connectivity index (χ3v) is 2.76. The molecule has 0 radical (unpaired) electrons. The molecule has 0 bridgehead atoms. The molecule has 0 saturated heterocycles. The maximum atomic E-state index is 13.0. The normalized spacial score (nSPS) is 11.5. The van der Waals surface area contributed by atoms with E-state index in [1.54, 1.807) is 6.07 Å². The maximum absolute atomic E-state index is 13.0. The highest BCUT2D eigenvalue weighted by atomic mass is 19.4. The Morgan fingerprint density at radius 3 is 2.26 bits per heavy atom. The quantitative estimate of drug-likeness (QED) is 0.813. The Labute approximate surface area is 110 Å². The number of unbranched alkanes of at least 4 members (excludes halogenated alkanes) is 1. The Kier molecular flexibility index (Phi) is 5.47. The molecule has 0 aromatic heterocycles. The molecular formula is C13H18F3NO2. The Morgan fingerprint density at radius 1 is 1.11 bits per heavy atom. The van der Waals surface area contributed by atoms with Crippen molar-refractivity contribution in [2.75, 3.05) is 20.8 Å².